The van der Waals surface area contributed by atoms with Crippen molar-refractivity contribution >= 4 is 23.2 Å². The van der Waals surface area contributed by atoms with Crippen LogP contribution in [0.2, 0.25) is 0 Å². The molecule has 0 saturated carbocycles. The van der Waals surface area contributed by atoms with Crippen molar-refractivity contribution in [1.29, 1.82) is 0 Å². The van der Waals surface area contributed by atoms with E-state index in [1.807, 2.05) is 6.92 Å². The first-order valence-corrected chi connectivity index (χ1v) is 6.37. The molecule has 0 aliphatic rings. The molecule has 0 aliphatic heterocycles. The Labute approximate surface area is 109 Å². The van der Waals surface area contributed by atoms with Crippen LogP contribution in [0.25, 0.3) is 0 Å². The standard InChI is InChI=1S/C11H16N2O4S/c1-3-7-10(11(15)16)18-9(13-7)6-8(14)12-4-5-17-2/h3-6H2,1-2H3,(H,12,14)(H,15,16). The maximum Gasteiger partial charge on any atom is 0.347 e. The third-order valence-corrected chi connectivity index (χ3v) is 3.30. The third-order valence-electron chi connectivity index (χ3n) is 2.21. The zero-order chi connectivity index (χ0) is 13.5. The van der Waals surface area contributed by atoms with Gasteiger partial charge in [-0.1, -0.05) is 6.92 Å². The minimum atomic E-state index is -0.990. The van der Waals surface area contributed by atoms with E-state index in [4.69, 9.17) is 9.84 Å². The van der Waals surface area contributed by atoms with Crippen molar-refractivity contribution in [2.45, 2.75) is 19.8 Å². The minimum absolute atomic E-state index is 0.106. The van der Waals surface area contributed by atoms with Gasteiger partial charge in [-0.25, -0.2) is 9.78 Å². The summed E-state index contributed by atoms with van der Waals surface area (Å²) < 4.78 is 4.81. The molecular weight excluding hydrogens is 256 g/mol. The van der Waals surface area contributed by atoms with Gasteiger partial charge in [0, 0.05) is 13.7 Å². The summed E-state index contributed by atoms with van der Waals surface area (Å²) in [6.45, 7) is 2.72. The Bertz CT molecular complexity index is 431. The Morgan fingerprint density at radius 2 is 2.22 bits per heavy atom. The molecule has 1 rings (SSSR count). The topological polar surface area (TPSA) is 88.5 Å². The van der Waals surface area contributed by atoms with Crippen molar-refractivity contribution in [3.8, 4) is 0 Å². The first kappa shape index (κ1) is 14.6. The summed E-state index contributed by atoms with van der Waals surface area (Å²) in [5.41, 5.74) is 0.534. The number of thiazole rings is 1. The summed E-state index contributed by atoms with van der Waals surface area (Å²) in [4.78, 5) is 26.8. The van der Waals surface area contributed by atoms with Crippen LogP contribution in [0.3, 0.4) is 0 Å². The number of aromatic carboxylic acids is 1. The summed E-state index contributed by atoms with van der Waals surface area (Å²) in [7, 11) is 1.56. The average Bonchev–Trinajstić information content (AvgIpc) is 2.72. The van der Waals surface area contributed by atoms with E-state index in [-0.39, 0.29) is 17.2 Å². The zero-order valence-corrected chi connectivity index (χ0v) is 11.2. The Balaban J connectivity index is 2.62. The molecule has 1 heterocycles. The van der Waals surface area contributed by atoms with E-state index >= 15 is 0 Å². The van der Waals surface area contributed by atoms with E-state index in [1.165, 1.54) is 0 Å². The van der Waals surface area contributed by atoms with Crippen molar-refractivity contribution in [2.75, 3.05) is 20.3 Å². The number of hydrogen-bond acceptors (Lipinski definition) is 5. The van der Waals surface area contributed by atoms with Crippen LogP contribution in [-0.2, 0) is 22.4 Å². The van der Waals surface area contributed by atoms with Crippen molar-refractivity contribution in [3.63, 3.8) is 0 Å². The highest BCUT2D eigenvalue weighted by Crippen LogP contribution is 2.19. The number of amides is 1. The van der Waals surface area contributed by atoms with Gasteiger partial charge in [0.15, 0.2) is 0 Å². The molecule has 6 nitrogen and oxygen atoms in total. The van der Waals surface area contributed by atoms with E-state index in [0.29, 0.717) is 30.3 Å². The van der Waals surface area contributed by atoms with E-state index in [0.717, 1.165) is 11.3 Å². The normalized spacial score (nSPS) is 10.3. The Morgan fingerprint density at radius 1 is 1.50 bits per heavy atom. The number of carbonyl (C=O) groups is 2. The highest BCUT2D eigenvalue weighted by Gasteiger charge is 2.17. The maximum atomic E-state index is 11.5. The molecule has 1 aromatic heterocycles. The number of nitrogens with one attached hydrogen (secondary N) is 1. The van der Waals surface area contributed by atoms with Crippen LogP contribution in [0.15, 0.2) is 0 Å². The molecule has 1 aromatic rings. The monoisotopic (exact) mass is 272 g/mol. The summed E-state index contributed by atoms with van der Waals surface area (Å²) in [5.74, 6) is -1.17. The number of carboxylic acid groups (broad SMARTS) is 1. The van der Waals surface area contributed by atoms with Crippen LogP contribution >= 0.6 is 11.3 Å². The molecule has 2 N–H and O–H groups in total. The van der Waals surface area contributed by atoms with Crippen molar-refractivity contribution in [3.05, 3.63) is 15.6 Å². The Hall–Kier alpha value is -1.47. The Morgan fingerprint density at radius 3 is 2.72 bits per heavy atom. The van der Waals surface area contributed by atoms with E-state index < -0.39 is 5.97 Å². The van der Waals surface area contributed by atoms with Gasteiger partial charge >= 0.3 is 5.97 Å². The van der Waals surface area contributed by atoms with E-state index in [1.54, 1.807) is 7.11 Å². The summed E-state index contributed by atoms with van der Waals surface area (Å²) in [6.07, 6.45) is 0.651. The van der Waals surface area contributed by atoms with Gasteiger partial charge in [0.05, 0.1) is 18.7 Å². The van der Waals surface area contributed by atoms with Gasteiger partial charge in [-0.05, 0) is 6.42 Å². The molecule has 0 radical (unpaired) electrons. The number of carboxylic acids is 1. The molecule has 7 heteroatoms. The second kappa shape index (κ2) is 7.07. The largest absolute Gasteiger partial charge is 0.477 e. The molecule has 18 heavy (non-hydrogen) atoms. The predicted octanol–water partition coefficient (Wildman–Crippen LogP) is 0.709. The lowest BCUT2D eigenvalue weighted by Crippen LogP contribution is -2.28. The van der Waals surface area contributed by atoms with Crippen molar-refractivity contribution in [1.82, 2.24) is 10.3 Å². The van der Waals surface area contributed by atoms with E-state index in [9.17, 15) is 9.59 Å². The van der Waals surface area contributed by atoms with Gasteiger partial charge in [0.1, 0.15) is 9.88 Å². The molecule has 0 saturated heterocycles. The van der Waals surface area contributed by atoms with Crippen LogP contribution < -0.4 is 5.32 Å². The number of aryl methyl sites for hydroxylation is 1. The molecule has 1 amide bonds. The second-order valence-electron chi connectivity index (χ2n) is 3.56. The Kier molecular flexibility index (Phi) is 5.73. The number of aromatic nitrogens is 1. The highest BCUT2D eigenvalue weighted by atomic mass is 32.1. The predicted molar refractivity (Wildman–Crippen MR) is 67.0 cm³/mol. The fraction of sp³-hybridized carbons (Fsp3) is 0.545. The van der Waals surface area contributed by atoms with Crippen LogP contribution in [0.4, 0.5) is 0 Å². The van der Waals surface area contributed by atoms with E-state index in [2.05, 4.69) is 10.3 Å². The molecule has 100 valence electrons. The molecular formula is C11H16N2O4S. The van der Waals surface area contributed by atoms with Gasteiger partial charge < -0.3 is 15.2 Å². The van der Waals surface area contributed by atoms with Gasteiger partial charge in [0.25, 0.3) is 0 Å². The van der Waals surface area contributed by atoms with Crippen molar-refractivity contribution in [2.24, 2.45) is 0 Å². The molecule has 0 spiro atoms. The number of nitrogens with zero attached hydrogens (tertiary/aromatic N) is 1. The van der Waals surface area contributed by atoms with Gasteiger partial charge in [-0.3, -0.25) is 4.79 Å². The van der Waals surface area contributed by atoms with Crippen LogP contribution in [0.5, 0.6) is 0 Å². The van der Waals surface area contributed by atoms with Crippen LogP contribution in [0.1, 0.15) is 27.3 Å². The first-order chi connectivity index (χ1) is 8.58. The molecule has 0 unspecified atom stereocenters. The lowest BCUT2D eigenvalue weighted by Gasteiger charge is -2.01. The fourth-order valence-electron chi connectivity index (χ4n) is 1.38. The zero-order valence-electron chi connectivity index (χ0n) is 10.4. The lowest BCUT2D eigenvalue weighted by molar-refractivity contribution is -0.120. The quantitative estimate of drug-likeness (QED) is 0.714. The number of hydrogen-bond donors (Lipinski definition) is 2. The molecule has 0 aromatic carbocycles. The maximum absolute atomic E-state index is 11.5. The minimum Gasteiger partial charge on any atom is -0.477 e. The van der Waals surface area contributed by atoms with Gasteiger partial charge in [-0.15, -0.1) is 11.3 Å². The fourth-order valence-corrected chi connectivity index (χ4v) is 2.37. The SMILES string of the molecule is CCc1nc(CC(=O)NCCOC)sc1C(=O)O. The van der Waals surface area contributed by atoms with Crippen molar-refractivity contribution < 1.29 is 19.4 Å². The second-order valence-corrected chi connectivity index (χ2v) is 4.65. The summed E-state index contributed by atoms with van der Waals surface area (Å²) in [6, 6.07) is 0. The van der Waals surface area contributed by atoms with Crippen LogP contribution in [0, 0.1) is 0 Å². The smallest absolute Gasteiger partial charge is 0.347 e. The number of rotatable bonds is 7. The first-order valence-electron chi connectivity index (χ1n) is 5.56. The summed E-state index contributed by atoms with van der Waals surface area (Å²) in [5, 5.41) is 12.2. The molecule has 0 atom stereocenters. The van der Waals surface area contributed by atoms with Gasteiger partial charge in [0.2, 0.25) is 5.91 Å². The number of methoxy groups -OCH3 is 1. The number of carbonyl (C=O) groups excluding carboxylic acids is 1. The molecule has 0 bridgehead atoms. The lowest BCUT2D eigenvalue weighted by atomic mass is 10.3. The summed E-state index contributed by atoms with van der Waals surface area (Å²) >= 11 is 1.06. The number of ether oxygens (including phenoxy) is 1. The highest BCUT2D eigenvalue weighted by molar-refractivity contribution is 7.13. The molecule has 0 aliphatic carbocycles. The molecule has 0 fully saturated rings. The van der Waals surface area contributed by atoms with Gasteiger partial charge in [-0.2, -0.15) is 0 Å². The average molecular weight is 272 g/mol. The van der Waals surface area contributed by atoms with Crippen LogP contribution in [-0.4, -0.2) is 42.2 Å². The third kappa shape index (κ3) is 4.08.